The number of nitrogens with one attached hydrogen (secondary N) is 1. The summed E-state index contributed by atoms with van der Waals surface area (Å²) in [5.74, 6) is 0.725. The number of anilines is 1. The SMILES string of the molecule is Cc1ccc(CN(Cc2ccco2)C(=O)Nc2ccc(C#N)cc2)s1. The molecule has 0 atom stereocenters. The second-order valence-corrected chi connectivity index (χ2v) is 6.94. The first kappa shape index (κ1) is 16.8. The molecule has 2 aromatic heterocycles. The maximum Gasteiger partial charge on any atom is 0.322 e. The average molecular weight is 351 g/mol. The highest BCUT2D eigenvalue weighted by Gasteiger charge is 2.17. The van der Waals surface area contributed by atoms with E-state index in [1.807, 2.05) is 25.1 Å². The Morgan fingerprint density at radius 3 is 2.60 bits per heavy atom. The Morgan fingerprint density at radius 1 is 1.20 bits per heavy atom. The molecule has 0 aliphatic heterocycles. The summed E-state index contributed by atoms with van der Waals surface area (Å²) in [6.07, 6.45) is 1.60. The van der Waals surface area contributed by atoms with Crippen LogP contribution in [-0.2, 0) is 13.1 Å². The van der Waals surface area contributed by atoms with Crippen molar-refractivity contribution in [2.75, 3.05) is 5.32 Å². The average Bonchev–Trinajstić information content (AvgIpc) is 3.27. The number of nitrogens with zero attached hydrogens (tertiary/aromatic N) is 2. The Kier molecular flexibility index (Phi) is 5.17. The van der Waals surface area contributed by atoms with Gasteiger partial charge in [-0.25, -0.2) is 4.79 Å². The smallest absolute Gasteiger partial charge is 0.322 e. The van der Waals surface area contributed by atoms with Gasteiger partial charge in [-0.05, 0) is 55.5 Å². The molecule has 3 rings (SSSR count). The molecule has 0 radical (unpaired) electrons. The van der Waals surface area contributed by atoms with Gasteiger partial charge in [0.1, 0.15) is 5.76 Å². The summed E-state index contributed by atoms with van der Waals surface area (Å²) in [5.41, 5.74) is 1.20. The van der Waals surface area contributed by atoms with Gasteiger partial charge in [-0.3, -0.25) is 0 Å². The zero-order chi connectivity index (χ0) is 17.6. The minimum absolute atomic E-state index is 0.216. The number of aryl methyl sites for hydroxylation is 1. The number of rotatable bonds is 5. The molecule has 0 fully saturated rings. The molecule has 0 unspecified atom stereocenters. The first-order valence-corrected chi connectivity index (χ1v) is 8.59. The van der Waals surface area contributed by atoms with E-state index >= 15 is 0 Å². The number of urea groups is 1. The molecule has 1 N–H and O–H groups in total. The van der Waals surface area contributed by atoms with Gasteiger partial charge < -0.3 is 14.6 Å². The molecule has 0 aliphatic carbocycles. The largest absolute Gasteiger partial charge is 0.467 e. The molecule has 2 amide bonds. The number of furan rings is 1. The van der Waals surface area contributed by atoms with Crippen LogP contribution in [0, 0.1) is 18.3 Å². The molecule has 0 aliphatic rings. The molecule has 5 nitrogen and oxygen atoms in total. The van der Waals surface area contributed by atoms with Crippen molar-refractivity contribution in [3.63, 3.8) is 0 Å². The van der Waals surface area contributed by atoms with Gasteiger partial charge in [-0.15, -0.1) is 11.3 Å². The highest BCUT2D eigenvalue weighted by molar-refractivity contribution is 7.11. The van der Waals surface area contributed by atoms with Crippen molar-refractivity contribution in [1.29, 1.82) is 5.26 Å². The molecule has 3 aromatic rings. The number of hydrogen-bond donors (Lipinski definition) is 1. The molecule has 126 valence electrons. The van der Waals surface area contributed by atoms with Gasteiger partial charge in [-0.2, -0.15) is 5.26 Å². The molecule has 0 saturated heterocycles. The summed E-state index contributed by atoms with van der Waals surface area (Å²) in [6, 6.07) is 16.4. The fourth-order valence-corrected chi connectivity index (χ4v) is 3.29. The Balaban J connectivity index is 1.74. The van der Waals surface area contributed by atoms with E-state index in [9.17, 15) is 4.79 Å². The molecule has 0 spiro atoms. The van der Waals surface area contributed by atoms with E-state index in [0.717, 1.165) is 10.6 Å². The van der Waals surface area contributed by atoms with Gasteiger partial charge in [0.2, 0.25) is 0 Å². The number of thiophene rings is 1. The molecule has 1 aromatic carbocycles. The van der Waals surface area contributed by atoms with Crippen LogP contribution in [0.3, 0.4) is 0 Å². The number of benzene rings is 1. The zero-order valence-electron chi connectivity index (χ0n) is 13.7. The first-order valence-electron chi connectivity index (χ1n) is 7.78. The second-order valence-electron chi connectivity index (χ2n) is 5.57. The Labute approximate surface area is 150 Å². The fraction of sp³-hybridized carbons (Fsp3) is 0.158. The van der Waals surface area contributed by atoms with Crippen LogP contribution in [0.4, 0.5) is 10.5 Å². The van der Waals surface area contributed by atoms with Crippen molar-refractivity contribution in [2.24, 2.45) is 0 Å². The maximum atomic E-state index is 12.7. The van der Waals surface area contributed by atoms with Crippen LogP contribution in [0.5, 0.6) is 0 Å². The van der Waals surface area contributed by atoms with Crippen LogP contribution >= 0.6 is 11.3 Å². The van der Waals surface area contributed by atoms with Gasteiger partial charge >= 0.3 is 6.03 Å². The number of carbonyl (C=O) groups excluding carboxylic acids is 1. The van der Waals surface area contributed by atoms with Crippen molar-refractivity contribution in [1.82, 2.24) is 4.90 Å². The monoisotopic (exact) mass is 351 g/mol. The van der Waals surface area contributed by atoms with Crippen LogP contribution < -0.4 is 5.32 Å². The summed E-state index contributed by atoms with van der Waals surface area (Å²) in [4.78, 5) is 16.7. The van der Waals surface area contributed by atoms with Gasteiger partial charge in [0.05, 0.1) is 31.0 Å². The Bertz CT molecular complexity index is 876. The third-order valence-corrected chi connectivity index (χ3v) is 4.61. The minimum atomic E-state index is -0.216. The summed E-state index contributed by atoms with van der Waals surface area (Å²) in [6.45, 7) is 2.93. The van der Waals surface area contributed by atoms with Gasteiger partial charge in [0.15, 0.2) is 0 Å². The molecular formula is C19H17N3O2S. The third kappa shape index (κ3) is 4.49. The normalized spacial score (nSPS) is 10.2. The van der Waals surface area contributed by atoms with Crippen LogP contribution in [0.1, 0.15) is 21.1 Å². The van der Waals surface area contributed by atoms with Crippen LogP contribution in [0.25, 0.3) is 0 Å². The summed E-state index contributed by atoms with van der Waals surface area (Å²) < 4.78 is 5.38. The molecule has 2 heterocycles. The molecule has 0 saturated carbocycles. The molecule has 0 bridgehead atoms. The van der Waals surface area contributed by atoms with Crippen LogP contribution in [0.2, 0.25) is 0 Å². The molecule has 6 heteroatoms. The van der Waals surface area contributed by atoms with Gasteiger partial charge in [0.25, 0.3) is 0 Å². The zero-order valence-corrected chi connectivity index (χ0v) is 14.5. The second kappa shape index (κ2) is 7.69. The first-order chi connectivity index (χ1) is 12.1. The minimum Gasteiger partial charge on any atom is -0.467 e. The lowest BCUT2D eigenvalue weighted by Crippen LogP contribution is -2.33. The maximum absolute atomic E-state index is 12.7. The standard InChI is InChI=1S/C19H17N3O2S/c1-14-4-9-18(25-14)13-22(12-17-3-2-10-24-17)19(23)21-16-7-5-15(11-20)6-8-16/h2-10H,12-13H2,1H3,(H,21,23). The van der Waals surface area contributed by atoms with E-state index in [0.29, 0.717) is 24.3 Å². The highest BCUT2D eigenvalue weighted by Crippen LogP contribution is 2.20. The molecule has 25 heavy (non-hydrogen) atoms. The van der Waals surface area contributed by atoms with Crippen LogP contribution in [0.15, 0.2) is 59.2 Å². The van der Waals surface area contributed by atoms with E-state index in [1.165, 1.54) is 4.88 Å². The van der Waals surface area contributed by atoms with E-state index in [4.69, 9.17) is 9.68 Å². The van der Waals surface area contributed by atoms with Crippen molar-refractivity contribution in [3.8, 4) is 6.07 Å². The molecular weight excluding hydrogens is 334 g/mol. The van der Waals surface area contributed by atoms with E-state index in [-0.39, 0.29) is 6.03 Å². The third-order valence-electron chi connectivity index (χ3n) is 3.62. The van der Waals surface area contributed by atoms with Crippen molar-refractivity contribution in [3.05, 3.63) is 75.9 Å². The van der Waals surface area contributed by atoms with Crippen LogP contribution in [-0.4, -0.2) is 10.9 Å². The predicted octanol–water partition coefficient (Wildman–Crippen LogP) is 4.76. The summed E-state index contributed by atoms with van der Waals surface area (Å²) >= 11 is 1.67. The van der Waals surface area contributed by atoms with Crippen molar-refractivity contribution in [2.45, 2.75) is 20.0 Å². The van der Waals surface area contributed by atoms with Crippen molar-refractivity contribution >= 4 is 23.1 Å². The lowest BCUT2D eigenvalue weighted by molar-refractivity contribution is 0.202. The lowest BCUT2D eigenvalue weighted by atomic mass is 10.2. The quantitative estimate of drug-likeness (QED) is 0.721. The number of amides is 2. The summed E-state index contributed by atoms with van der Waals surface area (Å²) in [5, 5.41) is 11.7. The summed E-state index contributed by atoms with van der Waals surface area (Å²) in [7, 11) is 0. The lowest BCUT2D eigenvalue weighted by Gasteiger charge is -2.21. The fourth-order valence-electron chi connectivity index (χ4n) is 2.38. The topological polar surface area (TPSA) is 69.3 Å². The predicted molar refractivity (Wildman–Crippen MR) is 97.2 cm³/mol. The van der Waals surface area contributed by atoms with Gasteiger partial charge in [0, 0.05) is 15.4 Å². The van der Waals surface area contributed by atoms with Gasteiger partial charge in [-0.1, -0.05) is 0 Å². The van der Waals surface area contributed by atoms with E-state index < -0.39 is 0 Å². The van der Waals surface area contributed by atoms with E-state index in [2.05, 4.69) is 11.4 Å². The van der Waals surface area contributed by atoms with Crippen molar-refractivity contribution < 1.29 is 9.21 Å². The van der Waals surface area contributed by atoms with E-state index in [1.54, 1.807) is 52.8 Å². The highest BCUT2D eigenvalue weighted by atomic mass is 32.1. The number of carbonyl (C=O) groups is 1. The Morgan fingerprint density at radius 2 is 2.00 bits per heavy atom. The Hall–Kier alpha value is -3.04. The number of nitriles is 1. The number of hydrogen-bond acceptors (Lipinski definition) is 4.